The summed E-state index contributed by atoms with van der Waals surface area (Å²) < 4.78 is 25.5. The van der Waals surface area contributed by atoms with Gasteiger partial charge in [0.2, 0.25) is 5.95 Å². The van der Waals surface area contributed by atoms with Crippen LogP contribution in [-0.2, 0) is 9.48 Å². The smallest absolute Gasteiger partial charge is 0.213 e. The van der Waals surface area contributed by atoms with Crippen molar-refractivity contribution in [2.45, 2.75) is 44.0 Å². The van der Waals surface area contributed by atoms with E-state index in [-0.39, 0.29) is 16.3 Å². The first-order chi connectivity index (χ1) is 14.7. The lowest BCUT2D eigenvalue weighted by atomic mass is 9.95. The molecule has 0 unspecified atom stereocenters. The summed E-state index contributed by atoms with van der Waals surface area (Å²) in [5.74, 6) is 1.56. The Morgan fingerprint density at radius 3 is 2.87 bits per heavy atom. The molecule has 2 aliphatic heterocycles. The molecule has 5 rings (SSSR count). The van der Waals surface area contributed by atoms with Crippen LogP contribution in [0.5, 0.6) is 5.75 Å². The summed E-state index contributed by atoms with van der Waals surface area (Å²) >= 11 is 1.71. The van der Waals surface area contributed by atoms with E-state index in [9.17, 15) is 4.39 Å². The minimum Gasteiger partial charge on any atom is -0.485 e. The number of H-pyrrole nitrogens is 1. The molecule has 3 aromatic heterocycles. The molecular formula is C22H26FN5O2S. The molecule has 1 N–H and O–H groups in total. The van der Waals surface area contributed by atoms with Crippen LogP contribution in [0.1, 0.15) is 33.4 Å². The first-order valence-electron chi connectivity index (χ1n) is 10.3. The minimum absolute atomic E-state index is 0.149. The van der Waals surface area contributed by atoms with Gasteiger partial charge in [0.15, 0.2) is 17.4 Å². The number of aromatic amines is 1. The molecule has 2 atom stereocenters. The molecule has 0 spiro atoms. The summed E-state index contributed by atoms with van der Waals surface area (Å²) in [6.07, 6.45) is 3.55. The maximum absolute atomic E-state index is 13.6. The Balaban J connectivity index is 1.74. The topological polar surface area (TPSA) is 76.2 Å². The van der Waals surface area contributed by atoms with Crippen LogP contribution in [0.4, 0.5) is 10.2 Å². The highest BCUT2D eigenvalue weighted by atomic mass is 32.2. The fraction of sp³-hybridized carbons (Fsp3) is 0.500. The zero-order valence-electron chi connectivity index (χ0n) is 18.3. The van der Waals surface area contributed by atoms with E-state index < -0.39 is 5.95 Å². The Labute approximate surface area is 184 Å². The third-order valence-electron chi connectivity index (χ3n) is 6.19. The van der Waals surface area contributed by atoms with Gasteiger partial charge in [-0.2, -0.15) is 16.2 Å². The molecule has 0 amide bonds. The Bertz CT molecular complexity index is 1170. The van der Waals surface area contributed by atoms with Crippen LogP contribution in [0.3, 0.4) is 0 Å². The molecule has 0 aromatic carbocycles. The number of pyridine rings is 1. The summed E-state index contributed by atoms with van der Waals surface area (Å²) in [6, 6.07) is 3.42. The van der Waals surface area contributed by atoms with Gasteiger partial charge < -0.3 is 19.4 Å². The van der Waals surface area contributed by atoms with Crippen LogP contribution < -0.4 is 9.64 Å². The van der Waals surface area contributed by atoms with Crippen LogP contribution in [0, 0.1) is 5.95 Å². The lowest BCUT2D eigenvalue weighted by Gasteiger charge is -2.52. The number of anilines is 1. The molecule has 0 saturated carbocycles. The SMILES string of the molecule is CSC(C)(C)c1nc(-c2cc3cc(F)ncc3[nH]2)nc2c1OC[C@]1(C)COC[C@@H](C)N21. The van der Waals surface area contributed by atoms with Gasteiger partial charge in [0, 0.05) is 11.5 Å². The van der Waals surface area contributed by atoms with Gasteiger partial charge in [0.1, 0.15) is 12.3 Å². The van der Waals surface area contributed by atoms with Crippen molar-refractivity contribution < 1.29 is 13.9 Å². The van der Waals surface area contributed by atoms with Gasteiger partial charge in [-0.05, 0) is 40.0 Å². The highest BCUT2D eigenvalue weighted by Gasteiger charge is 2.47. The number of thioether (sulfide) groups is 1. The van der Waals surface area contributed by atoms with Crippen molar-refractivity contribution in [1.82, 2.24) is 19.9 Å². The predicted molar refractivity (Wildman–Crippen MR) is 120 cm³/mol. The average molecular weight is 444 g/mol. The first kappa shape index (κ1) is 20.5. The van der Waals surface area contributed by atoms with E-state index in [2.05, 4.69) is 48.8 Å². The highest BCUT2D eigenvalue weighted by Crippen LogP contribution is 2.48. The van der Waals surface area contributed by atoms with E-state index in [0.717, 1.165) is 33.9 Å². The molecule has 9 heteroatoms. The van der Waals surface area contributed by atoms with E-state index >= 15 is 0 Å². The zero-order chi connectivity index (χ0) is 22.0. The Kier molecular flexibility index (Phi) is 4.67. The molecular weight excluding hydrogens is 417 g/mol. The summed E-state index contributed by atoms with van der Waals surface area (Å²) in [5.41, 5.74) is 2.01. The van der Waals surface area contributed by atoms with Crippen molar-refractivity contribution in [2.24, 2.45) is 0 Å². The second-order valence-electron chi connectivity index (χ2n) is 9.06. The summed E-state index contributed by atoms with van der Waals surface area (Å²) in [6.45, 7) is 10.3. The van der Waals surface area contributed by atoms with Crippen LogP contribution >= 0.6 is 11.8 Å². The molecule has 0 aliphatic carbocycles. The number of halogens is 1. The third-order valence-corrected chi connectivity index (χ3v) is 7.40. The van der Waals surface area contributed by atoms with Gasteiger partial charge in [-0.3, -0.25) is 0 Å². The maximum atomic E-state index is 13.6. The van der Waals surface area contributed by atoms with Gasteiger partial charge in [0.05, 0.1) is 46.9 Å². The molecule has 5 heterocycles. The Morgan fingerprint density at radius 1 is 1.29 bits per heavy atom. The number of aromatic nitrogens is 4. The molecule has 1 fully saturated rings. The molecule has 3 aromatic rings. The van der Waals surface area contributed by atoms with Crippen LogP contribution in [-0.4, -0.2) is 57.6 Å². The summed E-state index contributed by atoms with van der Waals surface area (Å²) in [4.78, 5) is 19.3. The van der Waals surface area contributed by atoms with E-state index in [0.29, 0.717) is 25.6 Å². The number of hydrogen-bond donors (Lipinski definition) is 1. The zero-order valence-corrected chi connectivity index (χ0v) is 19.1. The van der Waals surface area contributed by atoms with Crippen molar-refractivity contribution >= 4 is 28.5 Å². The molecule has 31 heavy (non-hydrogen) atoms. The molecule has 1 saturated heterocycles. The van der Waals surface area contributed by atoms with Crippen LogP contribution in [0.15, 0.2) is 18.3 Å². The monoisotopic (exact) mass is 443 g/mol. The van der Waals surface area contributed by atoms with Crippen molar-refractivity contribution in [2.75, 3.05) is 31.0 Å². The van der Waals surface area contributed by atoms with Crippen LogP contribution in [0.2, 0.25) is 0 Å². The molecule has 164 valence electrons. The van der Waals surface area contributed by atoms with Gasteiger partial charge in [-0.1, -0.05) is 0 Å². The van der Waals surface area contributed by atoms with E-state index in [1.54, 1.807) is 11.8 Å². The van der Waals surface area contributed by atoms with Crippen molar-refractivity contribution in [1.29, 1.82) is 0 Å². The fourth-order valence-corrected chi connectivity index (χ4v) is 4.75. The quantitative estimate of drug-likeness (QED) is 0.610. The number of nitrogens with zero attached hydrogens (tertiary/aromatic N) is 4. The van der Waals surface area contributed by atoms with Crippen molar-refractivity contribution in [3.05, 3.63) is 30.0 Å². The highest BCUT2D eigenvalue weighted by molar-refractivity contribution is 7.99. The number of nitrogens with one attached hydrogen (secondary N) is 1. The van der Waals surface area contributed by atoms with Crippen molar-refractivity contribution in [3.63, 3.8) is 0 Å². The van der Waals surface area contributed by atoms with Gasteiger partial charge >= 0.3 is 0 Å². The standard InChI is InChI=1S/C22H26FN5O2S/c1-12-9-29-10-22(4)11-30-17-18(21(2,3)31-5)26-19(27-20(17)28(12)22)14-6-13-7-16(23)24-8-15(13)25-14/h6-8,12,25H,9-11H2,1-5H3/t12-,22+/m1/s1. The Hall–Kier alpha value is -2.39. The molecule has 0 bridgehead atoms. The summed E-state index contributed by atoms with van der Waals surface area (Å²) in [7, 11) is 0. The molecule has 2 aliphatic rings. The number of morpholine rings is 1. The normalized spacial score (nSPS) is 23.4. The fourth-order valence-electron chi connectivity index (χ4n) is 4.41. The molecule has 7 nitrogen and oxygen atoms in total. The van der Waals surface area contributed by atoms with Gasteiger partial charge in [-0.15, -0.1) is 0 Å². The van der Waals surface area contributed by atoms with E-state index in [4.69, 9.17) is 19.4 Å². The van der Waals surface area contributed by atoms with Gasteiger partial charge in [0.25, 0.3) is 0 Å². The third kappa shape index (κ3) is 3.25. The number of fused-ring (bicyclic) bond motifs is 4. The maximum Gasteiger partial charge on any atom is 0.213 e. The Morgan fingerprint density at radius 2 is 2.10 bits per heavy atom. The lowest BCUT2D eigenvalue weighted by Crippen LogP contribution is -2.64. The van der Waals surface area contributed by atoms with E-state index in [1.165, 1.54) is 12.3 Å². The number of rotatable bonds is 3. The first-order valence-corrected chi connectivity index (χ1v) is 11.6. The second kappa shape index (κ2) is 7.06. The lowest BCUT2D eigenvalue weighted by molar-refractivity contribution is 0.00707. The summed E-state index contributed by atoms with van der Waals surface area (Å²) in [5, 5.41) is 0.732. The second-order valence-corrected chi connectivity index (χ2v) is 10.5. The van der Waals surface area contributed by atoms with Crippen molar-refractivity contribution in [3.8, 4) is 17.3 Å². The van der Waals surface area contributed by atoms with E-state index in [1.807, 2.05) is 6.07 Å². The number of hydrogen-bond acceptors (Lipinski definition) is 7. The predicted octanol–water partition coefficient (Wildman–Crippen LogP) is 4.13. The average Bonchev–Trinajstić information content (AvgIpc) is 3.15. The van der Waals surface area contributed by atoms with Crippen LogP contribution in [0.25, 0.3) is 22.4 Å². The van der Waals surface area contributed by atoms with Gasteiger partial charge in [-0.25, -0.2) is 15.0 Å². The largest absolute Gasteiger partial charge is 0.485 e. The number of ether oxygens (including phenoxy) is 2. The molecule has 0 radical (unpaired) electrons. The minimum atomic E-state index is -0.514.